The minimum Gasteiger partial charge on any atom is -0.430 e. The summed E-state index contributed by atoms with van der Waals surface area (Å²) < 4.78 is 5.88. The van der Waals surface area contributed by atoms with Crippen LogP contribution >= 0.6 is 22.9 Å². The molecule has 1 amide bonds. The van der Waals surface area contributed by atoms with Crippen LogP contribution in [0.25, 0.3) is 0 Å². The Hall–Kier alpha value is -1.70. The predicted octanol–water partition coefficient (Wildman–Crippen LogP) is 2.81. The fraction of sp³-hybridized carbons (Fsp3) is 0.438. The Kier molecular flexibility index (Phi) is 4.39. The standard InChI is InChI=1S/C16H17ClN4O2S/c17-15-19-20-16(24-15)23-12-3-1-11(2-4-12)14(22)18-13-9-21-7-5-10(13)6-8-21/h1-4,10,13H,5-9H2,(H,18,22)/t13-/m0/s1. The van der Waals surface area contributed by atoms with Crippen LogP contribution in [0.5, 0.6) is 10.9 Å². The molecule has 2 aromatic rings. The van der Waals surface area contributed by atoms with Gasteiger partial charge in [0, 0.05) is 18.2 Å². The largest absolute Gasteiger partial charge is 0.430 e. The zero-order valence-corrected chi connectivity index (χ0v) is 14.5. The van der Waals surface area contributed by atoms with E-state index >= 15 is 0 Å². The third kappa shape index (κ3) is 3.38. The highest BCUT2D eigenvalue weighted by atomic mass is 35.5. The van der Waals surface area contributed by atoms with Gasteiger partial charge in [-0.2, -0.15) is 0 Å². The first-order valence-corrected chi connectivity index (χ1v) is 9.17. The summed E-state index contributed by atoms with van der Waals surface area (Å²) in [6.07, 6.45) is 2.37. The van der Waals surface area contributed by atoms with E-state index in [1.165, 1.54) is 25.9 Å². The van der Waals surface area contributed by atoms with Gasteiger partial charge in [0.1, 0.15) is 5.75 Å². The van der Waals surface area contributed by atoms with Gasteiger partial charge in [-0.3, -0.25) is 4.79 Å². The van der Waals surface area contributed by atoms with Crippen LogP contribution < -0.4 is 10.1 Å². The first-order valence-electron chi connectivity index (χ1n) is 7.97. The molecule has 24 heavy (non-hydrogen) atoms. The number of piperidine rings is 3. The van der Waals surface area contributed by atoms with E-state index < -0.39 is 0 Å². The van der Waals surface area contributed by atoms with Crippen LogP contribution in [0.15, 0.2) is 24.3 Å². The molecule has 0 aliphatic carbocycles. The lowest BCUT2D eigenvalue weighted by Crippen LogP contribution is -2.57. The van der Waals surface area contributed by atoms with Gasteiger partial charge in [-0.15, -0.1) is 5.10 Å². The maximum absolute atomic E-state index is 12.5. The summed E-state index contributed by atoms with van der Waals surface area (Å²) in [7, 11) is 0. The van der Waals surface area contributed by atoms with Gasteiger partial charge in [-0.05, 0) is 79.1 Å². The number of hydrogen-bond donors (Lipinski definition) is 1. The second kappa shape index (κ2) is 6.66. The van der Waals surface area contributed by atoms with E-state index in [2.05, 4.69) is 20.4 Å². The van der Waals surface area contributed by atoms with E-state index in [4.69, 9.17) is 16.3 Å². The molecule has 0 saturated carbocycles. The summed E-state index contributed by atoms with van der Waals surface area (Å²) in [4.78, 5) is 14.9. The second-order valence-electron chi connectivity index (χ2n) is 6.17. The molecule has 3 fully saturated rings. The lowest BCUT2D eigenvalue weighted by molar-refractivity contribution is 0.0620. The maximum atomic E-state index is 12.5. The number of rotatable bonds is 4. The number of benzene rings is 1. The summed E-state index contributed by atoms with van der Waals surface area (Å²) in [6.45, 7) is 3.30. The van der Waals surface area contributed by atoms with E-state index in [0.29, 0.717) is 26.9 Å². The third-order valence-corrected chi connectivity index (χ3v) is 5.57. The summed E-state index contributed by atoms with van der Waals surface area (Å²) in [5.41, 5.74) is 0.633. The number of carbonyl (C=O) groups is 1. The van der Waals surface area contributed by atoms with Gasteiger partial charge in [0.15, 0.2) is 0 Å². The number of fused-ring (bicyclic) bond motifs is 3. The van der Waals surface area contributed by atoms with Crippen LogP contribution in [-0.2, 0) is 0 Å². The van der Waals surface area contributed by atoms with Gasteiger partial charge in [-0.25, -0.2) is 0 Å². The highest BCUT2D eigenvalue weighted by Crippen LogP contribution is 2.29. The fourth-order valence-corrected chi connectivity index (χ4v) is 4.07. The molecule has 3 aliphatic heterocycles. The van der Waals surface area contributed by atoms with Crippen LogP contribution in [-0.4, -0.2) is 46.7 Å². The van der Waals surface area contributed by atoms with Gasteiger partial charge in [-0.1, -0.05) is 5.10 Å². The molecule has 8 heteroatoms. The van der Waals surface area contributed by atoms with Crippen molar-refractivity contribution in [2.45, 2.75) is 18.9 Å². The molecule has 2 bridgehead atoms. The quantitative estimate of drug-likeness (QED) is 0.903. The van der Waals surface area contributed by atoms with Crippen molar-refractivity contribution in [3.8, 4) is 10.9 Å². The van der Waals surface area contributed by atoms with E-state index in [1.54, 1.807) is 24.3 Å². The summed E-state index contributed by atoms with van der Waals surface area (Å²) in [5.74, 6) is 1.19. The summed E-state index contributed by atoms with van der Waals surface area (Å²) in [6, 6.07) is 7.28. The van der Waals surface area contributed by atoms with Gasteiger partial charge >= 0.3 is 5.19 Å². The number of hydrogen-bond acceptors (Lipinski definition) is 6. The fourth-order valence-electron chi connectivity index (χ4n) is 3.39. The molecular formula is C16H17ClN4O2S. The zero-order valence-electron chi connectivity index (χ0n) is 12.9. The van der Waals surface area contributed by atoms with Crippen molar-refractivity contribution in [2.24, 2.45) is 5.92 Å². The minimum atomic E-state index is -0.0285. The van der Waals surface area contributed by atoms with Gasteiger partial charge in [0.25, 0.3) is 5.91 Å². The average molecular weight is 365 g/mol. The highest BCUT2D eigenvalue weighted by molar-refractivity contribution is 7.17. The average Bonchev–Trinajstić information content (AvgIpc) is 3.01. The Morgan fingerprint density at radius 3 is 2.58 bits per heavy atom. The van der Waals surface area contributed by atoms with Crippen molar-refractivity contribution in [2.75, 3.05) is 19.6 Å². The van der Waals surface area contributed by atoms with Crippen molar-refractivity contribution in [1.82, 2.24) is 20.4 Å². The maximum Gasteiger partial charge on any atom is 0.300 e. The van der Waals surface area contributed by atoms with E-state index in [9.17, 15) is 4.79 Å². The number of halogens is 1. The van der Waals surface area contributed by atoms with E-state index in [0.717, 1.165) is 17.9 Å². The van der Waals surface area contributed by atoms with Crippen LogP contribution in [0.1, 0.15) is 23.2 Å². The van der Waals surface area contributed by atoms with E-state index in [1.807, 2.05) is 0 Å². The molecule has 1 atom stereocenters. The van der Waals surface area contributed by atoms with Crippen LogP contribution in [0.4, 0.5) is 0 Å². The van der Waals surface area contributed by atoms with Gasteiger partial charge in [0.05, 0.1) is 0 Å². The van der Waals surface area contributed by atoms with Crippen molar-refractivity contribution < 1.29 is 9.53 Å². The van der Waals surface area contributed by atoms with Crippen molar-refractivity contribution in [3.63, 3.8) is 0 Å². The molecule has 1 aromatic heterocycles. The molecule has 0 unspecified atom stereocenters. The lowest BCUT2D eigenvalue weighted by Gasteiger charge is -2.44. The Morgan fingerprint density at radius 2 is 2.00 bits per heavy atom. The molecule has 5 rings (SSSR count). The predicted molar refractivity (Wildman–Crippen MR) is 91.9 cm³/mol. The second-order valence-corrected chi connectivity index (χ2v) is 7.69. The molecule has 6 nitrogen and oxygen atoms in total. The van der Waals surface area contributed by atoms with Gasteiger partial charge in [0.2, 0.25) is 4.47 Å². The van der Waals surface area contributed by atoms with Gasteiger partial charge < -0.3 is 15.0 Å². The number of nitrogens with zero attached hydrogens (tertiary/aromatic N) is 3. The molecule has 1 aromatic carbocycles. The molecule has 1 N–H and O–H groups in total. The normalized spacial score (nSPS) is 25.5. The number of amides is 1. The monoisotopic (exact) mass is 364 g/mol. The zero-order chi connectivity index (χ0) is 16.5. The Morgan fingerprint density at radius 1 is 1.25 bits per heavy atom. The SMILES string of the molecule is O=C(N[C@H]1CN2CCC1CC2)c1ccc(Oc2nnc(Cl)s2)cc1. The first-order chi connectivity index (χ1) is 11.7. The molecule has 0 radical (unpaired) electrons. The Balaban J connectivity index is 1.38. The minimum absolute atomic E-state index is 0.0285. The number of nitrogens with one attached hydrogen (secondary N) is 1. The molecule has 126 valence electrons. The Bertz CT molecular complexity index is 728. The third-order valence-electron chi connectivity index (χ3n) is 4.68. The lowest BCUT2D eigenvalue weighted by atomic mass is 9.84. The molecule has 0 spiro atoms. The molecular weight excluding hydrogens is 348 g/mol. The van der Waals surface area contributed by atoms with Crippen molar-refractivity contribution in [3.05, 3.63) is 34.3 Å². The number of aromatic nitrogens is 2. The summed E-state index contributed by atoms with van der Waals surface area (Å²) in [5, 5.41) is 11.0. The van der Waals surface area contributed by atoms with Crippen LogP contribution in [0, 0.1) is 5.92 Å². The molecule has 4 heterocycles. The first kappa shape index (κ1) is 15.8. The highest BCUT2D eigenvalue weighted by Gasteiger charge is 2.34. The number of carbonyl (C=O) groups excluding carboxylic acids is 1. The van der Waals surface area contributed by atoms with E-state index in [-0.39, 0.29) is 11.9 Å². The van der Waals surface area contributed by atoms with Crippen LogP contribution in [0.3, 0.4) is 0 Å². The van der Waals surface area contributed by atoms with Crippen molar-refractivity contribution in [1.29, 1.82) is 0 Å². The Labute approximate surface area is 148 Å². The topological polar surface area (TPSA) is 67.4 Å². The smallest absolute Gasteiger partial charge is 0.300 e. The van der Waals surface area contributed by atoms with Crippen molar-refractivity contribution >= 4 is 28.8 Å². The van der Waals surface area contributed by atoms with Crippen LogP contribution in [0.2, 0.25) is 4.47 Å². The summed E-state index contributed by atoms with van der Waals surface area (Å²) >= 11 is 6.88. The molecule has 3 saturated heterocycles. The molecule has 3 aliphatic rings. The number of ether oxygens (including phenoxy) is 1.